The van der Waals surface area contributed by atoms with Gasteiger partial charge in [-0.1, -0.05) is 60.7 Å². The lowest BCUT2D eigenvalue weighted by Gasteiger charge is -2.16. The molecule has 3 N–H and O–H groups in total. The summed E-state index contributed by atoms with van der Waals surface area (Å²) in [6.45, 7) is -2.96. The number of alkyl halides is 2. The minimum atomic E-state index is -2.96. The molecule has 0 saturated carbocycles. The van der Waals surface area contributed by atoms with Gasteiger partial charge in [0.05, 0.1) is 5.56 Å². The molecule has 0 bridgehead atoms. The van der Waals surface area contributed by atoms with Crippen molar-refractivity contribution in [3.05, 3.63) is 78.0 Å². The fraction of sp³-hybridized carbons (Fsp3) is 0.143. The van der Waals surface area contributed by atoms with Gasteiger partial charge < -0.3 is 11.1 Å². The topological polar surface area (TPSA) is 107 Å². The maximum Gasteiger partial charge on any atom is 0.333 e. The number of aromatic nitrogens is 2. The first-order valence-electron chi connectivity index (χ1n) is 8.98. The van der Waals surface area contributed by atoms with E-state index in [1.54, 1.807) is 60.7 Å². The van der Waals surface area contributed by atoms with Crippen LogP contribution in [0.5, 0.6) is 0 Å². The van der Waals surface area contributed by atoms with E-state index in [2.05, 4.69) is 10.4 Å². The average molecular weight is 412 g/mol. The SMILES string of the molecule is NC(=O)C(=O)[C@H](Cc1ccccc1)NC(=O)c1cn(C(F)F)nc1-c1ccccc1. The van der Waals surface area contributed by atoms with Gasteiger partial charge in [0.25, 0.3) is 11.8 Å². The second-order valence-corrected chi connectivity index (χ2v) is 6.46. The number of hydrogen-bond donors (Lipinski definition) is 2. The highest BCUT2D eigenvalue weighted by Crippen LogP contribution is 2.24. The van der Waals surface area contributed by atoms with E-state index in [-0.39, 0.29) is 17.7 Å². The quantitative estimate of drug-likeness (QED) is 0.554. The number of ketones is 1. The number of amides is 2. The summed E-state index contributed by atoms with van der Waals surface area (Å²) in [4.78, 5) is 36.6. The van der Waals surface area contributed by atoms with Crippen molar-refractivity contribution < 1.29 is 23.2 Å². The standard InChI is InChI=1S/C21H18F2N4O3/c22-21(23)27-12-15(17(26-27)14-9-5-2-6-10-14)20(30)25-16(18(28)19(24)29)11-13-7-3-1-4-8-13/h1-10,12,16,21H,11H2,(H2,24,29)(H,25,30)/t16-/m0/s1. The Bertz CT molecular complexity index is 1050. The Hall–Kier alpha value is -3.88. The molecular formula is C21H18F2N4O3. The van der Waals surface area contributed by atoms with Crippen LogP contribution in [0.1, 0.15) is 22.5 Å². The molecule has 1 heterocycles. The molecule has 0 aliphatic heterocycles. The summed E-state index contributed by atoms with van der Waals surface area (Å²) in [5.41, 5.74) is 6.12. The second kappa shape index (κ2) is 9.08. The third-order valence-corrected chi connectivity index (χ3v) is 4.37. The first-order valence-corrected chi connectivity index (χ1v) is 8.98. The highest BCUT2D eigenvalue weighted by Gasteiger charge is 2.28. The van der Waals surface area contributed by atoms with Crippen molar-refractivity contribution in [2.45, 2.75) is 19.0 Å². The van der Waals surface area contributed by atoms with Crippen LogP contribution in [0.25, 0.3) is 11.3 Å². The van der Waals surface area contributed by atoms with Crippen LogP contribution in [-0.2, 0) is 16.0 Å². The predicted molar refractivity (Wildman–Crippen MR) is 105 cm³/mol. The monoisotopic (exact) mass is 412 g/mol. The molecule has 0 aliphatic carbocycles. The molecular weight excluding hydrogens is 394 g/mol. The molecule has 2 aromatic carbocycles. The van der Waals surface area contributed by atoms with Gasteiger partial charge in [0, 0.05) is 18.2 Å². The number of benzene rings is 2. The van der Waals surface area contributed by atoms with Crippen LogP contribution in [0.15, 0.2) is 66.9 Å². The van der Waals surface area contributed by atoms with Gasteiger partial charge in [-0.15, -0.1) is 0 Å². The number of nitrogens with zero attached hydrogens (tertiary/aromatic N) is 2. The maximum atomic E-state index is 13.2. The summed E-state index contributed by atoms with van der Waals surface area (Å²) in [7, 11) is 0. The Morgan fingerprint density at radius 2 is 1.60 bits per heavy atom. The number of hydrogen-bond acceptors (Lipinski definition) is 4. The second-order valence-electron chi connectivity index (χ2n) is 6.46. The molecule has 0 fully saturated rings. The molecule has 1 aromatic heterocycles. The van der Waals surface area contributed by atoms with E-state index in [0.29, 0.717) is 15.8 Å². The first kappa shape index (κ1) is 20.8. The van der Waals surface area contributed by atoms with Gasteiger partial charge in [0.2, 0.25) is 5.78 Å². The molecule has 30 heavy (non-hydrogen) atoms. The Morgan fingerprint density at radius 1 is 1.00 bits per heavy atom. The number of carbonyl (C=O) groups excluding carboxylic acids is 3. The molecule has 0 saturated heterocycles. The normalized spacial score (nSPS) is 11.8. The van der Waals surface area contributed by atoms with Gasteiger partial charge in [-0.2, -0.15) is 13.9 Å². The van der Waals surface area contributed by atoms with E-state index < -0.39 is 30.2 Å². The number of rotatable bonds is 8. The van der Waals surface area contributed by atoms with Crippen LogP contribution < -0.4 is 11.1 Å². The molecule has 9 heteroatoms. The lowest BCUT2D eigenvalue weighted by atomic mass is 10.0. The summed E-state index contributed by atoms with van der Waals surface area (Å²) < 4.78 is 26.7. The van der Waals surface area contributed by atoms with Gasteiger partial charge >= 0.3 is 6.55 Å². The molecule has 1 atom stereocenters. The molecule has 0 spiro atoms. The van der Waals surface area contributed by atoms with E-state index in [0.717, 1.165) is 6.20 Å². The van der Waals surface area contributed by atoms with Crippen LogP contribution in [0.3, 0.4) is 0 Å². The molecule has 0 aliphatic rings. The molecule has 3 aromatic rings. The molecule has 2 amide bonds. The fourth-order valence-electron chi connectivity index (χ4n) is 2.93. The average Bonchev–Trinajstić information content (AvgIpc) is 3.20. The smallest absolute Gasteiger partial charge is 0.333 e. The third-order valence-electron chi connectivity index (χ3n) is 4.37. The molecule has 7 nitrogen and oxygen atoms in total. The minimum absolute atomic E-state index is 0.0119. The van der Waals surface area contributed by atoms with Crippen LogP contribution in [0, 0.1) is 0 Å². The van der Waals surface area contributed by atoms with Crippen molar-refractivity contribution in [1.29, 1.82) is 0 Å². The lowest BCUT2D eigenvalue weighted by Crippen LogP contribution is -2.47. The summed E-state index contributed by atoms with van der Waals surface area (Å²) in [6.07, 6.45) is 0.911. The van der Waals surface area contributed by atoms with Crippen LogP contribution in [-0.4, -0.2) is 33.4 Å². The van der Waals surface area contributed by atoms with E-state index in [1.165, 1.54) is 0 Å². The van der Waals surface area contributed by atoms with Gasteiger partial charge in [0.1, 0.15) is 11.7 Å². The largest absolute Gasteiger partial charge is 0.363 e. The van der Waals surface area contributed by atoms with Crippen molar-refractivity contribution in [2.75, 3.05) is 0 Å². The van der Waals surface area contributed by atoms with Crippen LogP contribution in [0.4, 0.5) is 8.78 Å². The zero-order valence-corrected chi connectivity index (χ0v) is 15.7. The Balaban J connectivity index is 1.93. The number of nitrogens with two attached hydrogens (primary N) is 1. The van der Waals surface area contributed by atoms with Gasteiger partial charge in [-0.25, -0.2) is 4.68 Å². The summed E-state index contributed by atoms with van der Waals surface area (Å²) in [6, 6.07) is 15.8. The Morgan fingerprint density at radius 3 is 2.17 bits per heavy atom. The van der Waals surface area contributed by atoms with Crippen molar-refractivity contribution >= 4 is 17.6 Å². The van der Waals surface area contributed by atoms with Gasteiger partial charge in [0.15, 0.2) is 0 Å². The number of nitrogens with one attached hydrogen (secondary N) is 1. The fourth-order valence-corrected chi connectivity index (χ4v) is 2.93. The maximum absolute atomic E-state index is 13.2. The molecule has 0 unspecified atom stereocenters. The van der Waals surface area contributed by atoms with Crippen molar-refractivity contribution in [3.8, 4) is 11.3 Å². The number of primary amides is 1. The highest BCUT2D eigenvalue weighted by molar-refractivity contribution is 6.38. The van der Waals surface area contributed by atoms with Crippen molar-refractivity contribution in [1.82, 2.24) is 15.1 Å². The Kier molecular flexibility index (Phi) is 6.31. The number of halogens is 2. The van der Waals surface area contributed by atoms with E-state index in [4.69, 9.17) is 5.73 Å². The highest BCUT2D eigenvalue weighted by atomic mass is 19.3. The van der Waals surface area contributed by atoms with E-state index in [1.807, 2.05) is 0 Å². The Labute approximate surface area is 170 Å². The van der Waals surface area contributed by atoms with Crippen molar-refractivity contribution in [3.63, 3.8) is 0 Å². The van der Waals surface area contributed by atoms with Gasteiger partial charge in [-0.05, 0) is 5.56 Å². The van der Waals surface area contributed by atoms with Crippen LogP contribution in [0.2, 0.25) is 0 Å². The minimum Gasteiger partial charge on any atom is -0.363 e. The first-order chi connectivity index (χ1) is 14.4. The number of Topliss-reactive ketones (excluding diaryl/α,β-unsaturated/α-hetero) is 1. The molecule has 154 valence electrons. The predicted octanol–water partition coefficient (Wildman–Crippen LogP) is 2.34. The molecule has 3 rings (SSSR count). The summed E-state index contributed by atoms with van der Waals surface area (Å²) in [5, 5.41) is 6.24. The lowest BCUT2D eigenvalue weighted by molar-refractivity contribution is -0.137. The summed E-state index contributed by atoms with van der Waals surface area (Å²) in [5.74, 6) is -3.02. The number of carbonyl (C=O) groups is 3. The molecule has 0 radical (unpaired) electrons. The van der Waals surface area contributed by atoms with Crippen LogP contribution >= 0.6 is 0 Å². The van der Waals surface area contributed by atoms with Gasteiger partial charge in [-0.3, -0.25) is 14.4 Å². The summed E-state index contributed by atoms with van der Waals surface area (Å²) >= 11 is 0. The van der Waals surface area contributed by atoms with Crippen molar-refractivity contribution in [2.24, 2.45) is 5.73 Å². The zero-order chi connectivity index (χ0) is 21.7. The van der Waals surface area contributed by atoms with E-state index >= 15 is 0 Å². The van der Waals surface area contributed by atoms with E-state index in [9.17, 15) is 23.2 Å². The third kappa shape index (κ3) is 4.75. The zero-order valence-electron chi connectivity index (χ0n) is 15.7.